The third kappa shape index (κ3) is 2.13. The first kappa shape index (κ1) is 14.4. The average molecular weight is 288 g/mol. The molecule has 5 nitrogen and oxygen atoms in total. The topological polar surface area (TPSA) is 45.5 Å². The Hall–Kier alpha value is -1.53. The maximum absolute atomic E-state index is 6.10. The van der Waals surface area contributed by atoms with Crippen molar-refractivity contribution in [3.05, 3.63) is 18.2 Å². The maximum atomic E-state index is 6.10. The second-order valence-corrected chi connectivity index (χ2v) is 6.48. The zero-order valence-corrected chi connectivity index (χ0v) is 13.4. The van der Waals surface area contributed by atoms with Gasteiger partial charge in [-0.1, -0.05) is 0 Å². The zero-order valence-electron chi connectivity index (χ0n) is 13.4. The molecular formula is C15H21BN2O3. The minimum Gasteiger partial charge on any atom is -0.497 e. The molecule has 0 amide bonds. The van der Waals surface area contributed by atoms with Gasteiger partial charge in [0.05, 0.1) is 23.8 Å². The fourth-order valence-corrected chi connectivity index (χ4v) is 2.52. The van der Waals surface area contributed by atoms with E-state index in [0.717, 1.165) is 22.2 Å². The van der Waals surface area contributed by atoms with Gasteiger partial charge in [-0.3, -0.25) is 4.68 Å². The number of benzene rings is 1. The Morgan fingerprint density at radius 2 is 1.76 bits per heavy atom. The molecule has 21 heavy (non-hydrogen) atoms. The van der Waals surface area contributed by atoms with E-state index in [-0.39, 0.29) is 11.2 Å². The lowest BCUT2D eigenvalue weighted by Crippen LogP contribution is -2.41. The van der Waals surface area contributed by atoms with Gasteiger partial charge < -0.3 is 14.0 Å². The Morgan fingerprint density at radius 1 is 1.14 bits per heavy atom. The molecule has 6 heteroatoms. The molecule has 2 aromatic rings. The van der Waals surface area contributed by atoms with Gasteiger partial charge in [0.15, 0.2) is 0 Å². The van der Waals surface area contributed by atoms with Gasteiger partial charge in [-0.15, -0.1) is 0 Å². The lowest BCUT2D eigenvalue weighted by Gasteiger charge is -2.32. The summed E-state index contributed by atoms with van der Waals surface area (Å²) in [5, 5.41) is 5.61. The van der Waals surface area contributed by atoms with Crippen LogP contribution in [-0.2, 0) is 16.4 Å². The standard InChI is InChI=1S/C15H21BN2O3/c1-14(2)15(3,4)21-16(20-14)13-11-8-7-10(19-6)9-12(11)18(5)17-13/h7-9H,1-6H3. The largest absolute Gasteiger partial charge is 0.517 e. The highest BCUT2D eigenvalue weighted by Crippen LogP contribution is 2.37. The SMILES string of the molecule is COc1ccc2c(B3OC(C)(C)C(C)(C)O3)nn(C)c2c1. The van der Waals surface area contributed by atoms with Crippen LogP contribution < -0.4 is 10.3 Å². The number of hydrogen-bond acceptors (Lipinski definition) is 4. The Kier molecular flexibility index (Phi) is 3.08. The number of rotatable bonds is 2. The molecular weight excluding hydrogens is 267 g/mol. The number of hydrogen-bond donors (Lipinski definition) is 0. The Bertz CT molecular complexity index is 678. The van der Waals surface area contributed by atoms with Crippen LogP contribution in [0.4, 0.5) is 0 Å². The predicted octanol–water partition coefficient (Wildman–Crippen LogP) is 1.88. The Balaban J connectivity index is 2.07. The van der Waals surface area contributed by atoms with Gasteiger partial charge in [0, 0.05) is 18.5 Å². The molecule has 3 rings (SSSR count). The smallest absolute Gasteiger partial charge is 0.497 e. The molecule has 1 aromatic carbocycles. The van der Waals surface area contributed by atoms with Crippen molar-refractivity contribution in [3.8, 4) is 5.75 Å². The van der Waals surface area contributed by atoms with Crippen LogP contribution in [0.3, 0.4) is 0 Å². The minimum absolute atomic E-state index is 0.367. The molecule has 0 spiro atoms. The second-order valence-electron chi connectivity index (χ2n) is 6.48. The number of nitrogens with zero attached hydrogens (tertiary/aromatic N) is 2. The average Bonchev–Trinajstić information content (AvgIpc) is 2.84. The predicted molar refractivity (Wildman–Crippen MR) is 83.0 cm³/mol. The van der Waals surface area contributed by atoms with Crippen molar-refractivity contribution in [2.24, 2.45) is 7.05 Å². The van der Waals surface area contributed by atoms with Crippen LogP contribution >= 0.6 is 0 Å². The van der Waals surface area contributed by atoms with E-state index in [4.69, 9.17) is 14.0 Å². The number of aryl methyl sites for hydroxylation is 1. The molecule has 0 radical (unpaired) electrons. The van der Waals surface area contributed by atoms with Crippen LogP contribution in [0, 0.1) is 0 Å². The summed E-state index contributed by atoms with van der Waals surface area (Å²) in [4.78, 5) is 0. The minimum atomic E-state index is -0.452. The summed E-state index contributed by atoms with van der Waals surface area (Å²) in [6, 6.07) is 5.90. The molecule has 0 atom stereocenters. The van der Waals surface area contributed by atoms with Crippen molar-refractivity contribution >= 4 is 23.6 Å². The lowest BCUT2D eigenvalue weighted by molar-refractivity contribution is 0.00578. The third-order valence-corrected chi connectivity index (χ3v) is 4.56. The maximum Gasteiger partial charge on any atom is 0.517 e. The highest BCUT2D eigenvalue weighted by molar-refractivity contribution is 6.64. The molecule has 112 valence electrons. The molecule has 1 aliphatic heterocycles. The van der Waals surface area contributed by atoms with Crippen molar-refractivity contribution in [2.45, 2.75) is 38.9 Å². The van der Waals surface area contributed by atoms with Crippen molar-refractivity contribution in [1.82, 2.24) is 9.78 Å². The lowest BCUT2D eigenvalue weighted by atomic mass is 9.82. The molecule has 1 aromatic heterocycles. The van der Waals surface area contributed by atoms with Crippen molar-refractivity contribution < 1.29 is 14.0 Å². The highest BCUT2D eigenvalue weighted by atomic mass is 16.7. The molecule has 0 aliphatic carbocycles. The summed E-state index contributed by atoms with van der Waals surface area (Å²) in [6.45, 7) is 8.17. The molecule has 1 aliphatic rings. The van der Waals surface area contributed by atoms with Crippen LogP contribution in [-0.4, -0.2) is 35.2 Å². The molecule has 2 heterocycles. The molecule has 0 bridgehead atoms. The normalized spacial score (nSPS) is 20.2. The highest BCUT2D eigenvalue weighted by Gasteiger charge is 2.53. The summed E-state index contributed by atoms with van der Waals surface area (Å²) in [5.41, 5.74) is 1.08. The molecule has 0 unspecified atom stereocenters. The van der Waals surface area contributed by atoms with Crippen molar-refractivity contribution in [3.63, 3.8) is 0 Å². The van der Waals surface area contributed by atoms with E-state index in [9.17, 15) is 0 Å². The van der Waals surface area contributed by atoms with E-state index >= 15 is 0 Å². The van der Waals surface area contributed by atoms with Gasteiger partial charge >= 0.3 is 7.12 Å². The van der Waals surface area contributed by atoms with Crippen LogP contribution in [0.1, 0.15) is 27.7 Å². The first-order chi connectivity index (χ1) is 9.75. The number of aromatic nitrogens is 2. The quantitative estimate of drug-likeness (QED) is 0.792. The van der Waals surface area contributed by atoms with E-state index in [1.807, 2.05) is 57.6 Å². The summed E-state index contributed by atoms with van der Waals surface area (Å²) >= 11 is 0. The van der Waals surface area contributed by atoms with Gasteiger partial charge in [-0.25, -0.2) is 0 Å². The van der Waals surface area contributed by atoms with Gasteiger partial charge in [0.25, 0.3) is 0 Å². The second kappa shape index (κ2) is 4.48. The van der Waals surface area contributed by atoms with E-state index in [2.05, 4.69) is 5.10 Å². The van der Waals surface area contributed by atoms with Gasteiger partial charge in [-0.05, 0) is 39.8 Å². The fourth-order valence-electron chi connectivity index (χ4n) is 2.52. The van der Waals surface area contributed by atoms with Crippen LogP contribution in [0.25, 0.3) is 10.9 Å². The monoisotopic (exact) mass is 288 g/mol. The number of ether oxygens (including phenoxy) is 1. The first-order valence-electron chi connectivity index (χ1n) is 7.11. The number of methoxy groups -OCH3 is 1. The molecule has 1 fully saturated rings. The first-order valence-corrected chi connectivity index (χ1v) is 7.11. The van der Waals surface area contributed by atoms with Gasteiger partial charge in [-0.2, -0.15) is 5.10 Å². The van der Waals surface area contributed by atoms with Gasteiger partial charge in [0.1, 0.15) is 11.3 Å². The molecule has 0 N–H and O–H groups in total. The third-order valence-electron chi connectivity index (χ3n) is 4.56. The Morgan fingerprint density at radius 3 is 2.33 bits per heavy atom. The Labute approximate surface area is 125 Å². The van der Waals surface area contributed by atoms with E-state index in [0.29, 0.717) is 0 Å². The summed E-state index contributed by atoms with van der Waals surface area (Å²) in [7, 11) is 3.12. The molecule has 1 saturated heterocycles. The fraction of sp³-hybridized carbons (Fsp3) is 0.533. The van der Waals surface area contributed by atoms with Crippen molar-refractivity contribution in [2.75, 3.05) is 7.11 Å². The van der Waals surface area contributed by atoms with Crippen molar-refractivity contribution in [1.29, 1.82) is 0 Å². The van der Waals surface area contributed by atoms with Gasteiger partial charge in [0.2, 0.25) is 0 Å². The zero-order chi connectivity index (χ0) is 15.4. The van der Waals surface area contributed by atoms with Crippen LogP contribution in [0.2, 0.25) is 0 Å². The van der Waals surface area contributed by atoms with Crippen LogP contribution in [0.5, 0.6) is 5.75 Å². The summed E-state index contributed by atoms with van der Waals surface area (Å²) in [5.74, 6) is 0.811. The van der Waals surface area contributed by atoms with Crippen LogP contribution in [0.15, 0.2) is 18.2 Å². The van der Waals surface area contributed by atoms with E-state index in [1.54, 1.807) is 7.11 Å². The van der Waals surface area contributed by atoms with E-state index < -0.39 is 7.12 Å². The number of fused-ring (bicyclic) bond motifs is 1. The summed E-state index contributed by atoms with van der Waals surface area (Å²) < 4.78 is 19.3. The summed E-state index contributed by atoms with van der Waals surface area (Å²) in [6.07, 6.45) is 0. The molecule has 0 saturated carbocycles. The van der Waals surface area contributed by atoms with E-state index in [1.165, 1.54) is 0 Å².